The van der Waals surface area contributed by atoms with Crippen LogP contribution in [0.5, 0.6) is 0 Å². The lowest BCUT2D eigenvalue weighted by Crippen LogP contribution is -2.25. The van der Waals surface area contributed by atoms with Gasteiger partial charge in [-0.05, 0) is 13.8 Å². The van der Waals surface area contributed by atoms with Crippen molar-refractivity contribution in [1.29, 1.82) is 0 Å². The Balaban J connectivity index is 2.37. The number of nitrogens with zero attached hydrogens (tertiary/aromatic N) is 2. The number of hydrogen-bond acceptors (Lipinski definition) is 4. The van der Waals surface area contributed by atoms with Gasteiger partial charge in [0.25, 0.3) is 0 Å². The van der Waals surface area contributed by atoms with E-state index in [4.69, 9.17) is 4.74 Å². The van der Waals surface area contributed by atoms with E-state index >= 15 is 0 Å². The van der Waals surface area contributed by atoms with E-state index in [0.29, 0.717) is 13.2 Å². The summed E-state index contributed by atoms with van der Waals surface area (Å²) in [6.07, 6.45) is 1.65. The van der Waals surface area contributed by atoms with Gasteiger partial charge >= 0.3 is 5.97 Å². The number of carbonyl (C=O) groups is 1. The quantitative estimate of drug-likeness (QED) is 0.579. The first kappa shape index (κ1) is 9.03. The summed E-state index contributed by atoms with van der Waals surface area (Å²) in [7, 11) is 0. The standard InChI is InChI=1S/C8H14N2O2/c1-3-10-6-7(5-9-10)8(11)12-4-2/h5,7H,3-4,6H2,1-2H3. The predicted molar refractivity (Wildman–Crippen MR) is 45.9 cm³/mol. The normalized spacial score (nSPS) is 21.5. The Morgan fingerprint density at radius 1 is 1.75 bits per heavy atom. The minimum atomic E-state index is -0.169. The van der Waals surface area contributed by atoms with Gasteiger partial charge in [0.2, 0.25) is 0 Å². The van der Waals surface area contributed by atoms with E-state index in [-0.39, 0.29) is 11.9 Å². The molecule has 0 N–H and O–H groups in total. The van der Waals surface area contributed by atoms with Gasteiger partial charge in [-0.15, -0.1) is 0 Å². The van der Waals surface area contributed by atoms with Gasteiger partial charge in [0, 0.05) is 12.8 Å². The third-order valence-corrected chi connectivity index (χ3v) is 1.77. The number of hydrogen-bond donors (Lipinski definition) is 0. The van der Waals surface area contributed by atoms with E-state index in [9.17, 15) is 4.79 Å². The molecule has 0 bridgehead atoms. The van der Waals surface area contributed by atoms with Crippen LogP contribution < -0.4 is 0 Å². The molecule has 1 atom stereocenters. The fourth-order valence-corrected chi connectivity index (χ4v) is 1.09. The van der Waals surface area contributed by atoms with Crippen molar-refractivity contribution in [1.82, 2.24) is 5.01 Å². The summed E-state index contributed by atoms with van der Waals surface area (Å²) in [5.74, 6) is -0.331. The van der Waals surface area contributed by atoms with Gasteiger partial charge in [-0.2, -0.15) is 5.10 Å². The third-order valence-electron chi connectivity index (χ3n) is 1.77. The van der Waals surface area contributed by atoms with Crippen molar-refractivity contribution in [3.05, 3.63) is 0 Å². The van der Waals surface area contributed by atoms with Crippen LogP contribution in [-0.4, -0.2) is 36.9 Å². The van der Waals surface area contributed by atoms with Crippen LogP contribution in [0.1, 0.15) is 13.8 Å². The van der Waals surface area contributed by atoms with Gasteiger partial charge < -0.3 is 4.74 Å². The Kier molecular flexibility index (Phi) is 3.08. The van der Waals surface area contributed by atoms with Gasteiger partial charge in [0.15, 0.2) is 0 Å². The highest BCUT2D eigenvalue weighted by atomic mass is 16.5. The van der Waals surface area contributed by atoms with Crippen LogP contribution in [0, 0.1) is 5.92 Å². The molecule has 0 radical (unpaired) electrons. The van der Waals surface area contributed by atoms with Crippen molar-refractivity contribution in [3.63, 3.8) is 0 Å². The molecule has 0 fully saturated rings. The lowest BCUT2D eigenvalue weighted by molar-refractivity contribution is -0.145. The van der Waals surface area contributed by atoms with Crippen molar-refractivity contribution in [2.75, 3.05) is 19.7 Å². The molecule has 12 heavy (non-hydrogen) atoms. The highest BCUT2D eigenvalue weighted by Gasteiger charge is 2.24. The molecule has 0 aromatic carbocycles. The molecule has 0 aliphatic carbocycles. The van der Waals surface area contributed by atoms with Crippen LogP contribution in [-0.2, 0) is 9.53 Å². The number of ether oxygens (including phenoxy) is 1. The molecule has 0 saturated heterocycles. The third kappa shape index (κ3) is 1.96. The minimum Gasteiger partial charge on any atom is -0.465 e. The van der Waals surface area contributed by atoms with Gasteiger partial charge in [0.1, 0.15) is 5.92 Å². The lowest BCUT2D eigenvalue weighted by Gasteiger charge is -2.11. The van der Waals surface area contributed by atoms with E-state index in [1.807, 2.05) is 18.9 Å². The highest BCUT2D eigenvalue weighted by molar-refractivity contribution is 5.90. The van der Waals surface area contributed by atoms with Crippen LogP contribution in [0.25, 0.3) is 0 Å². The Morgan fingerprint density at radius 3 is 3.00 bits per heavy atom. The van der Waals surface area contributed by atoms with Crippen molar-refractivity contribution < 1.29 is 9.53 Å². The van der Waals surface area contributed by atoms with Crippen LogP contribution in [0.2, 0.25) is 0 Å². The van der Waals surface area contributed by atoms with Crippen molar-refractivity contribution >= 4 is 12.2 Å². The summed E-state index contributed by atoms with van der Waals surface area (Å²) in [4.78, 5) is 11.2. The Morgan fingerprint density at radius 2 is 2.50 bits per heavy atom. The molecule has 4 nitrogen and oxygen atoms in total. The van der Waals surface area contributed by atoms with Gasteiger partial charge in [-0.1, -0.05) is 0 Å². The zero-order chi connectivity index (χ0) is 8.97. The monoisotopic (exact) mass is 170 g/mol. The summed E-state index contributed by atoms with van der Waals surface area (Å²) in [5.41, 5.74) is 0. The molecule has 1 aliphatic heterocycles. The number of rotatable bonds is 3. The molecule has 68 valence electrons. The van der Waals surface area contributed by atoms with Gasteiger partial charge in [0.05, 0.1) is 13.2 Å². The molecule has 1 heterocycles. The number of esters is 1. The van der Waals surface area contributed by atoms with E-state index in [2.05, 4.69) is 5.10 Å². The maximum Gasteiger partial charge on any atom is 0.316 e. The molecule has 0 aromatic rings. The zero-order valence-corrected chi connectivity index (χ0v) is 7.49. The molecule has 0 aromatic heterocycles. The SMILES string of the molecule is CCOC(=O)C1C=NN(CC)C1. The summed E-state index contributed by atoms with van der Waals surface area (Å²) in [5, 5.41) is 5.90. The molecule has 1 unspecified atom stereocenters. The molecule has 0 spiro atoms. The smallest absolute Gasteiger partial charge is 0.316 e. The molecule has 4 heteroatoms. The number of carbonyl (C=O) groups excluding carboxylic acids is 1. The summed E-state index contributed by atoms with van der Waals surface area (Å²) < 4.78 is 4.86. The lowest BCUT2D eigenvalue weighted by atomic mass is 10.2. The van der Waals surface area contributed by atoms with Crippen LogP contribution in [0.4, 0.5) is 0 Å². The zero-order valence-electron chi connectivity index (χ0n) is 7.49. The first-order valence-corrected chi connectivity index (χ1v) is 4.23. The Hall–Kier alpha value is -1.06. The highest BCUT2D eigenvalue weighted by Crippen LogP contribution is 2.08. The largest absolute Gasteiger partial charge is 0.465 e. The fraction of sp³-hybridized carbons (Fsp3) is 0.750. The van der Waals surface area contributed by atoms with Gasteiger partial charge in [-0.25, -0.2) is 0 Å². The maximum atomic E-state index is 11.2. The van der Waals surface area contributed by atoms with Crippen molar-refractivity contribution in [2.45, 2.75) is 13.8 Å². The first-order chi connectivity index (χ1) is 5.77. The van der Waals surface area contributed by atoms with Crippen LogP contribution in [0.3, 0.4) is 0 Å². The first-order valence-electron chi connectivity index (χ1n) is 4.23. The van der Waals surface area contributed by atoms with E-state index in [1.54, 1.807) is 6.21 Å². The Bertz CT molecular complexity index is 191. The maximum absolute atomic E-state index is 11.2. The summed E-state index contributed by atoms with van der Waals surface area (Å²) >= 11 is 0. The second-order valence-corrected chi connectivity index (χ2v) is 2.63. The van der Waals surface area contributed by atoms with Crippen molar-refractivity contribution in [2.24, 2.45) is 11.0 Å². The second kappa shape index (κ2) is 4.09. The number of hydrazone groups is 1. The fourth-order valence-electron chi connectivity index (χ4n) is 1.09. The van der Waals surface area contributed by atoms with Crippen molar-refractivity contribution in [3.8, 4) is 0 Å². The van der Waals surface area contributed by atoms with Gasteiger partial charge in [-0.3, -0.25) is 9.80 Å². The molecule has 1 rings (SSSR count). The second-order valence-electron chi connectivity index (χ2n) is 2.63. The minimum absolute atomic E-state index is 0.162. The van der Waals surface area contributed by atoms with Crippen LogP contribution >= 0.6 is 0 Å². The average molecular weight is 170 g/mol. The molecule has 0 saturated carbocycles. The molecular weight excluding hydrogens is 156 g/mol. The van der Waals surface area contributed by atoms with E-state index < -0.39 is 0 Å². The van der Waals surface area contributed by atoms with E-state index in [0.717, 1.165) is 6.54 Å². The summed E-state index contributed by atoms with van der Waals surface area (Å²) in [6.45, 7) is 5.75. The summed E-state index contributed by atoms with van der Waals surface area (Å²) in [6, 6.07) is 0. The molecule has 1 aliphatic rings. The molecule has 0 amide bonds. The van der Waals surface area contributed by atoms with E-state index in [1.165, 1.54) is 0 Å². The van der Waals surface area contributed by atoms with Crippen LogP contribution in [0.15, 0.2) is 5.10 Å². The molecular formula is C8H14N2O2. The topological polar surface area (TPSA) is 41.9 Å². The Labute approximate surface area is 72.2 Å². The average Bonchev–Trinajstić information content (AvgIpc) is 2.52. The predicted octanol–water partition coefficient (Wildman–Crippen LogP) is 0.487.